The molecule has 6 heteroatoms. The van der Waals surface area contributed by atoms with Gasteiger partial charge in [-0.1, -0.05) is 6.07 Å². The van der Waals surface area contributed by atoms with Gasteiger partial charge in [0.15, 0.2) is 0 Å². The molecule has 0 N–H and O–H groups in total. The Labute approximate surface area is 77.0 Å². The quantitative estimate of drug-likeness (QED) is 0.537. The van der Waals surface area contributed by atoms with Crippen LogP contribution in [-0.2, 0) is 10.6 Å². The minimum atomic E-state index is -3.11. The van der Waals surface area contributed by atoms with Gasteiger partial charge in [-0.05, 0) is 12.1 Å². The zero-order valence-electron chi connectivity index (χ0n) is 5.67. The summed E-state index contributed by atoms with van der Waals surface area (Å²) in [5.74, 6) is 0. The van der Waals surface area contributed by atoms with Crippen molar-refractivity contribution in [3.05, 3.63) is 30.6 Å². The van der Waals surface area contributed by atoms with E-state index < -0.39 is 10.6 Å². The topological polar surface area (TPSA) is 64.1 Å². The molecule has 1 rings (SSSR count). The summed E-state index contributed by atoms with van der Waals surface area (Å²) in [6, 6.07) is 5.72. The Morgan fingerprint density at radius 2 is 1.27 bits per heavy atom. The molecule has 1 heterocycles. The number of nitrogens with zero attached hydrogens (tertiary/aromatic N) is 1. The van der Waals surface area contributed by atoms with Crippen molar-refractivity contribution >= 4 is 28.6 Å². The average molecular weight is 237 g/mol. The Morgan fingerprint density at radius 1 is 0.909 bits per heavy atom. The van der Waals surface area contributed by atoms with E-state index >= 15 is 0 Å². The number of rotatable bonds is 0. The first-order valence-electron chi connectivity index (χ1n) is 2.35. The number of hydrogen-bond donors (Lipinski definition) is 0. The van der Waals surface area contributed by atoms with E-state index in [1.807, 2.05) is 18.2 Å². The summed E-state index contributed by atoms with van der Waals surface area (Å²) >= 11 is 0. The first kappa shape index (κ1) is 13.0. The summed E-state index contributed by atoms with van der Waals surface area (Å²) in [4.78, 5) is 3.78. The molecule has 62 valence electrons. The van der Waals surface area contributed by atoms with Crippen molar-refractivity contribution < 1.29 is 12.6 Å². The second-order valence-corrected chi connectivity index (χ2v) is 1.64. The maximum absolute atomic E-state index is 8.44. The van der Waals surface area contributed by atoms with Crippen molar-refractivity contribution in [2.75, 3.05) is 0 Å². The fraction of sp³-hybridized carbons (Fsp3) is 0. The van der Waals surface area contributed by atoms with Crippen molar-refractivity contribution in [2.24, 2.45) is 0 Å². The Morgan fingerprint density at radius 3 is 1.36 bits per heavy atom. The van der Waals surface area contributed by atoms with E-state index in [-0.39, 0.29) is 18.0 Å². The van der Waals surface area contributed by atoms with Crippen molar-refractivity contribution in [2.45, 2.75) is 0 Å². The molecule has 0 spiro atoms. The van der Waals surface area contributed by atoms with Crippen molar-refractivity contribution in [1.82, 2.24) is 4.98 Å². The molecular weight excluding hydrogens is 229 g/mol. The van der Waals surface area contributed by atoms with Crippen LogP contribution in [0.2, 0.25) is 0 Å². The van der Waals surface area contributed by atoms with Gasteiger partial charge in [-0.3, -0.25) is 4.98 Å². The van der Waals surface area contributed by atoms with Gasteiger partial charge in [-0.25, -0.2) is 0 Å². The van der Waals surface area contributed by atoms with Gasteiger partial charge < -0.3 is 0 Å². The van der Waals surface area contributed by atoms with Crippen LogP contribution < -0.4 is 0 Å². The molecule has 0 fully saturated rings. The van der Waals surface area contributed by atoms with Crippen molar-refractivity contribution in [1.29, 1.82) is 0 Å². The zero-order chi connectivity index (χ0) is 7.82. The van der Waals surface area contributed by atoms with E-state index in [0.717, 1.165) is 0 Å². The standard InChI is InChI=1S/C5H5N.AsH3.O3S/c1-2-4-6-5-3-1;;1-4(2)3/h1-5H;1H3;. The molecule has 11 heavy (non-hydrogen) atoms. The van der Waals surface area contributed by atoms with Crippen molar-refractivity contribution in [3.63, 3.8) is 0 Å². The molecule has 0 saturated carbocycles. The van der Waals surface area contributed by atoms with Crippen molar-refractivity contribution in [3.8, 4) is 0 Å². The molecule has 1 atom stereocenters. The van der Waals surface area contributed by atoms with E-state index in [9.17, 15) is 0 Å². The summed E-state index contributed by atoms with van der Waals surface area (Å²) in [5.41, 5.74) is 0. The summed E-state index contributed by atoms with van der Waals surface area (Å²) in [6.45, 7) is 0. The molecule has 4 nitrogen and oxygen atoms in total. The molecule has 0 aliphatic carbocycles. The fourth-order valence-electron chi connectivity index (χ4n) is 0.313. The molecular formula is C5H8AsNO3S. The van der Waals surface area contributed by atoms with Gasteiger partial charge in [-0.15, -0.1) is 12.6 Å². The molecule has 0 saturated heterocycles. The molecule has 0 aromatic carbocycles. The van der Waals surface area contributed by atoms with Crippen LogP contribution in [0.3, 0.4) is 0 Å². The number of aromatic nitrogens is 1. The average Bonchev–Trinajstić information content (AvgIpc) is 1.90. The van der Waals surface area contributed by atoms with Crippen LogP contribution in [0.25, 0.3) is 0 Å². The molecule has 1 aromatic rings. The molecule has 0 aliphatic heterocycles. The Balaban J connectivity index is 0. The third kappa shape index (κ3) is 17.6. The minimum Gasteiger partial charge on any atom is -0.265 e. The second kappa shape index (κ2) is 9.33. The maximum Gasteiger partial charge on any atom is 0.0267 e. The largest absolute Gasteiger partial charge is 0.265 e. The normalized spacial score (nSPS) is 6.55. The summed E-state index contributed by atoms with van der Waals surface area (Å²) in [5, 5.41) is 0. The molecule has 0 bridgehead atoms. The van der Waals surface area contributed by atoms with E-state index in [0.29, 0.717) is 0 Å². The number of hydrogen-bond acceptors (Lipinski definition) is 4. The van der Waals surface area contributed by atoms with E-state index in [2.05, 4.69) is 4.98 Å². The predicted molar refractivity (Wildman–Crippen MR) is 43.9 cm³/mol. The van der Waals surface area contributed by atoms with Gasteiger partial charge >= 0.3 is 28.6 Å². The SMILES string of the molecule is O=S(=O)=O.[AsH3].c1ccncc1. The van der Waals surface area contributed by atoms with Crippen LogP contribution in [0.1, 0.15) is 0 Å². The van der Waals surface area contributed by atoms with E-state index in [4.69, 9.17) is 12.6 Å². The van der Waals surface area contributed by atoms with E-state index in [1.165, 1.54) is 0 Å². The molecule has 0 radical (unpaired) electrons. The summed E-state index contributed by atoms with van der Waals surface area (Å²) < 4.78 is 25.3. The third-order valence-electron chi connectivity index (χ3n) is 0.566. The maximum atomic E-state index is 8.44. The smallest absolute Gasteiger partial charge is 0.0267 e. The van der Waals surface area contributed by atoms with Gasteiger partial charge in [0.1, 0.15) is 0 Å². The first-order valence-corrected chi connectivity index (χ1v) is 3.35. The minimum absolute atomic E-state index is 0. The molecule has 0 amide bonds. The third-order valence-corrected chi connectivity index (χ3v) is 0.566. The Hall–Kier alpha value is -0.672. The predicted octanol–water partition coefficient (Wildman–Crippen LogP) is -1.11. The molecule has 0 aliphatic rings. The van der Waals surface area contributed by atoms with Crippen LogP contribution in [0.15, 0.2) is 30.6 Å². The zero-order valence-corrected chi connectivity index (χ0v) is 9.46. The number of pyridine rings is 1. The van der Waals surface area contributed by atoms with Gasteiger partial charge in [0, 0.05) is 12.4 Å². The van der Waals surface area contributed by atoms with Gasteiger partial charge in [0.2, 0.25) is 0 Å². The van der Waals surface area contributed by atoms with E-state index in [1.54, 1.807) is 12.4 Å². The molecule has 1 unspecified atom stereocenters. The summed E-state index contributed by atoms with van der Waals surface area (Å²) in [7, 11) is -3.11. The fourth-order valence-corrected chi connectivity index (χ4v) is 0.313. The Bertz CT molecular complexity index is 225. The van der Waals surface area contributed by atoms with Gasteiger partial charge in [0.05, 0.1) is 0 Å². The second-order valence-electron chi connectivity index (χ2n) is 1.23. The van der Waals surface area contributed by atoms with Gasteiger partial charge in [0.25, 0.3) is 0 Å². The monoisotopic (exact) mass is 237 g/mol. The van der Waals surface area contributed by atoms with Gasteiger partial charge in [-0.2, -0.15) is 0 Å². The first-order chi connectivity index (χ1) is 4.73. The molecule has 1 aromatic heterocycles. The van der Waals surface area contributed by atoms with Crippen LogP contribution >= 0.6 is 0 Å². The van der Waals surface area contributed by atoms with Crippen LogP contribution in [0.4, 0.5) is 0 Å². The van der Waals surface area contributed by atoms with Crippen LogP contribution in [-0.4, -0.2) is 35.6 Å². The van der Waals surface area contributed by atoms with Crippen LogP contribution in [0, 0.1) is 0 Å². The Kier molecular flexibility index (Phi) is 11.0. The summed E-state index contributed by atoms with van der Waals surface area (Å²) in [6.07, 6.45) is 3.50. The van der Waals surface area contributed by atoms with Crippen LogP contribution in [0.5, 0.6) is 0 Å².